The molecular formula is C18H23ClN4OS. The van der Waals surface area contributed by atoms with E-state index < -0.39 is 0 Å². The Balaban J connectivity index is 1.95. The van der Waals surface area contributed by atoms with Crippen LogP contribution in [0.4, 0.5) is 5.95 Å². The van der Waals surface area contributed by atoms with Crippen molar-refractivity contribution in [2.45, 2.75) is 38.8 Å². The number of carbonyl (C=O) groups is 1. The smallest absolute Gasteiger partial charge is 0.232 e. The fourth-order valence-corrected chi connectivity index (χ4v) is 3.99. The van der Waals surface area contributed by atoms with Gasteiger partial charge in [0, 0.05) is 18.5 Å². The van der Waals surface area contributed by atoms with Gasteiger partial charge in [-0.2, -0.15) is 0 Å². The highest BCUT2D eigenvalue weighted by atomic mass is 35.5. The fraction of sp³-hybridized carbons (Fsp3) is 0.500. The first-order valence-electron chi connectivity index (χ1n) is 8.49. The molecule has 1 saturated heterocycles. The zero-order valence-corrected chi connectivity index (χ0v) is 16.4. The van der Waals surface area contributed by atoms with Gasteiger partial charge in [-0.05, 0) is 25.0 Å². The summed E-state index contributed by atoms with van der Waals surface area (Å²) in [7, 11) is 0. The summed E-state index contributed by atoms with van der Waals surface area (Å²) < 4.78 is 1.98. The van der Waals surface area contributed by atoms with Crippen molar-refractivity contribution in [3.63, 3.8) is 0 Å². The summed E-state index contributed by atoms with van der Waals surface area (Å²) in [6.07, 6.45) is 2.31. The lowest BCUT2D eigenvalue weighted by Gasteiger charge is -2.19. The molecule has 0 saturated carbocycles. The van der Waals surface area contributed by atoms with Crippen LogP contribution in [0.5, 0.6) is 0 Å². The maximum Gasteiger partial charge on any atom is 0.232 e. The number of carbonyl (C=O) groups excluding carboxylic acids is 1. The van der Waals surface area contributed by atoms with Crippen LogP contribution in [-0.2, 0) is 4.79 Å². The van der Waals surface area contributed by atoms with E-state index >= 15 is 0 Å². The largest absolute Gasteiger partial charge is 0.341 e. The number of para-hydroxylation sites is 1. The molecule has 1 aliphatic rings. The summed E-state index contributed by atoms with van der Waals surface area (Å²) in [4.78, 5) is 14.5. The number of aromatic nitrogens is 3. The lowest BCUT2D eigenvalue weighted by molar-refractivity contribution is -0.123. The molecule has 2 heterocycles. The Labute approximate surface area is 157 Å². The number of Topliss-reactive ketones (excluding diaryl/α,β-unsaturated/α-hetero) is 1. The summed E-state index contributed by atoms with van der Waals surface area (Å²) in [5, 5.41) is 10.1. The molecule has 0 radical (unpaired) electrons. The van der Waals surface area contributed by atoms with E-state index in [1.807, 2.05) is 49.6 Å². The molecule has 0 bridgehead atoms. The molecular weight excluding hydrogens is 356 g/mol. The first-order valence-corrected chi connectivity index (χ1v) is 9.85. The maximum atomic E-state index is 12.3. The number of benzene rings is 1. The van der Waals surface area contributed by atoms with Crippen LogP contribution in [0.2, 0.25) is 5.02 Å². The van der Waals surface area contributed by atoms with Crippen molar-refractivity contribution in [3.8, 4) is 5.69 Å². The number of hydrogen-bond acceptors (Lipinski definition) is 5. The van der Waals surface area contributed by atoms with Gasteiger partial charge in [-0.3, -0.25) is 9.36 Å². The van der Waals surface area contributed by atoms with Gasteiger partial charge >= 0.3 is 0 Å². The highest BCUT2D eigenvalue weighted by Gasteiger charge is 2.26. The first kappa shape index (κ1) is 18.3. The second-order valence-corrected chi connectivity index (χ2v) is 8.58. The number of hydrogen-bond donors (Lipinski definition) is 0. The van der Waals surface area contributed by atoms with E-state index in [1.54, 1.807) is 0 Å². The van der Waals surface area contributed by atoms with Crippen molar-refractivity contribution in [2.75, 3.05) is 23.7 Å². The van der Waals surface area contributed by atoms with Crippen LogP contribution in [-0.4, -0.2) is 39.4 Å². The zero-order chi connectivity index (χ0) is 18.0. The van der Waals surface area contributed by atoms with Crippen molar-refractivity contribution < 1.29 is 4.79 Å². The standard InChI is InChI=1S/C18H23ClN4OS/c1-18(2,3)15(24)12-25-17-21-20-16(22-10-6-7-11-22)23(17)14-9-5-4-8-13(14)19/h4-5,8-9H,6-7,10-12H2,1-3H3. The molecule has 2 aromatic rings. The van der Waals surface area contributed by atoms with E-state index in [9.17, 15) is 4.79 Å². The second-order valence-electron chi connectivity index (χ2n) is 7.23. The summed E-state index contributed by atoms with van der Waals surface area (Å²) in [6, 6.07) is 7.67. The van der Waals surface area contributed by atoms with Crippen LogP contribution in [0.25, 0.3) is 5.69 Å². The monoisotopic (exact) mass is 378 g/mol. The molecule has 1 aromatic carbocycles. The summed E-state index contributed by atoms with van der Waals surface area (Å²) >= 11 is 7.85. The number of nitrogens with zero attached hydrogens (tertiary/aromatic N) is 4. The first-order chi connectivity index (χ1) is 11.9. The number of rotatable bonds is 5. The van der Waals surface area contributed by atoms with Gasteiger partial charge in [0.25, 0.3) is 0 Å². The number of anilines is 1. The average Bonchev–Trinajstić information content (AvgIpc) is 3.21. The second kappa shape index (κ2) is 7.38. The molecule has 0 N–H and O–H groups in total. The summed E-state index contributed by atoms with van der Waals surface area (Å²) in [5.41, 5.74) is 0.488. The summed E-state index contributed by atoms with van der Waals surface area (Å²) in [6.45, 7) is 7.74. The Morgan fingerprint density at radius 3 is 2.52 bits per heavy atom. The van der Waals surface area contributed by atoms with E-state index in [1.165, 1.54) is 11.8 Å². The molecule has 25 heavy (non-hydrogen) atoms. The molecule has 1 fully saturated rings. The van der Waals surface area contributed by atoms with Gasteiger partial charge in [0.2, 0.25) is 5.95 Å². The van der Waals surface area contributed by atoms with E-state index in [2.05, 4.69) is 15.1 Å². The molecule has 0 spiro atoms. The van der Waals surface area contributed by atoms with Gasteiger partial charge in [0.15, 0.2) is 5.16 Å². The van der Waals surface area contributed by atoms with E-state index in [0.717, 1.165) is 37.6 Å². The lowest BCUT2D eigenvalue weighted by Crippen LogP contribution is -2.23. The Kier molecular flexibility index (Phi) is 5.39. The topological polar surface area (TPSA) is 51.0 Å². The number of halogens is 1. The minimum Gasteiger partial charge on any atom is -0.341 e. The van der Waals surface area contributed by atoms with Gasteiger partial charge in [0.05, 0.1) is 16.5 Å². The summed E-state index contributed by atoms with van der Waals surface area (Å²) in [5.74, 6) is 1.36. The van der Waals surface area contributed by atoms with Gasteiger partial charge in [0.1, 0.15) is 5.78 Å². The molecule has 3 rings (SSSR count). The predicted molar refractivity (Wildman–Crippen MR) is 103 cm³/mol. The number of thioether (sulfide) groups is 1. The van der Waals surface area contributed by atoms with Crippen LogP contribution in [0.3, 0.4) is 0 Å². The van der Waals surface area contributed by atoms with Crippen molar-refractivity contribution in [1.29, 1.82) is 0 Å². The van der Waals surface area contributed by atoms with E-state index in [0.29, 0.717) is 15.9 Å². The Bertz CT molecular complexity index is 763. The molecule has 0 amide bonds. The fourth-order valence-electron chi connectivity index (χ4n) is 2.67. The van der Waals surface area contributed by atoms with Crippen LogP contribution in [0.15, 0.2) is 29.4 Å². The van der Waals surface area contributed by atoms with Crippen molar-refractivity contribution in [2.24, 2.45) is 5.41 Å². The predicted octanol–water partition coefficient (Wildman–Crippen LogP) is 4.23. The SMILES string of the molecule is CC(C)(C)C(=O)CSc1nnc(N2CCCC2)n1-c1ccccc1Cl. The van der Waals surface area contributed by atoms with E-state index in [4.69, 9.17) is 11.6 Å². The Morgan fingerprint density at radius 2 is 1.88 bits per heavy atom. The molecule has 134 valence electrons. The molecule has 7 heteroatoms. The van der Waals surface area contributed by atoms with Crippen molar-refractivity contribution in [3.05, 3.63) is 29.3 Å². The minimum atomic E-state index is -0.361. The third-order valence-electron chi connectivity index (χ3n) is 4.27. The van der Waals surface area contributed by atoms with Gasteiger partial charge in [-0.25, -0.2) is 0 Å². The molecule has 0 aliphatic carbocycles. The number of ketones is 1. The lowest BCUT2D eigenvalue weighted by atomic mass is 9.92. The van der Waals surface area contributed by atoms with Crippen LogP contribution < -0.4 is 4.90 Å². The third kappa shape index (κ3) is 4.01. The quantitative estimate of drug-likeness (QED) is 0.729. The van der Waals surface area contributed by atoms with Crippen molar-refractivity contribution >= 4 is 35.1 Å². The van der Waals surface area contributed by atoms with Crippen molar-refractivity contribution in [1.82, 2.24) is 14.8 Å². The highest BCUT2D eigenvalue weighted by molar-refractivity contribution is 7.99. The average molecular weight is 379 g/mol. The van der Waals surface area contributed by atoms with Gasteiger partial charge < -0.3 is 4.90 Å². The van der Waals surface area contributed by atoms with Gasteiger partial charge in [-0.1, -0.05) is 56.3 Å². The molecule has 1 aromatic heterocycles. The van der Waals surface area contributed by atoms with E-state index in [-0.39, 0.29) is 11.2 Å². The van der Waals surface area contributed by atoms with Gasteiger partial charge in [-0.15, -0.1) is 10.2 Å². The third-order valence-corrected chi connectivity index (χ3v) is 5.52. The highest BCUT2D eigenvalue weighted by Crippen LogP contribution is 2.32. The van der Waals surface area contributed by atoms with Crippen LogP contribution >= 0.6 is 23.4 Å². The molecule has 0 unspecified atom stereocenters. The van der Waals surface area contributed by atoms with Crippen LogP contribution in [0.1, 0.15) is 33.6 Å². The maximum absolute atomic E-state index is 12.3. The molecule has 1 aliphatic heterocycles. The Morgan fingerprint density at radius 1 is 1.20 bits per heavy atom. The molecule has 0 atom stereocenters. The molecule has 5 nitrogen and oxygen atoms in total. The minimum absolute atomic E-state index is 0.189. The normalized spacial score (nSPS) is 15.0. The zero-order valence-electron chi connectivity index (χ0n) is 14.8. The van der Waals surface area contributed by atoms with Crippen LogP contribution in [0, 0.1) is 5.41 Å². The Hall–Kier alpha value is -1.53.